The summed E-state index contributed by atoms with van der Waals surface area (Å²) < 4.78 is 5.66. The lowest BCUT2D eigenvalue weighted by Gasteiger charge is -2.05. The van der Waals surface area contributed by atoms with Crippen molar-refractivity contribution in [1.82, 2.24) is 5.32 Å². The van der Waals surface area contributed by atoms with E-state index < -0.39 is 0 Å². The van der Waals surface area contributed by atoms with E-state index in [-0.39, 0.29) is 0 Å². The van der Waals surface area contributed by atoms with Crippen molar-refractivity contribution in [3.05, 3.63) is 35.9 Å². The van der Waals surface area contributed by atoms with Crippen molar-refractivity contribution >= 4 is 0 Å². The highest BCUT2D eigenvalue weighted by Crippen LogP contribution is 2.05. The lowest BCUT2D eigenvalue weighted by Crippen LogP contribution is -2.07. The van der Waals surface area contributed by atoms with Crippen LogP contribution in [-0.4, -0.2) is 26.8 Å². The third-order valence-electron chi connectivity index (χ3n) is 3.31. The molecule has 0 aromatic heterocycles. The normalized spacial score (nSPS) is 10.8. The molecule has 1 aromatic carbocycles. The van der Waals surface area contributed by atoms with Crippen molar-refractivity contribution in [2.75, 3.05) is 26.8 Å². The maximum atomic E-state index is 5.66. The molecule has 0 atom stereocenters. The second kappa shape index (κ2) is 12.2. The lowest BCUT2D eigenvalue weighted by molar-refractivity contribution is 0.126. The summed E-state index contributed by atoms with van der Waals surface area (Å²) in [7, 11) is 2.01. The van der Waals surface area contributed by atoms with Gasteiger partial charge in [-0.1, -0.05) is 43.2 Å². The lowest BCUT2D eigenvalue weighted by atomic mass is 10.1. The monoisotopic (exact) mass is 263 g/mol. The highest BCUT2D eigenvalue weighted by Gasteiger charge is 1.94. The van der Waals surface area contributed by atoms with E-state index in [0.717, 1.165) is 19.8 Å². The molecule has 0 fully saturated rings. The number of rotatable bonds is 12. The Bertz CT molecular complexity index is 287. The Hall–Kier alpha value is -0.860. The van der Waals surface area contributed by atoms with Gasteiger partial charge in [-0.3, -0.25) is 0 Å². The molecule has 0 saturated heterocycles. The van der Waals surface area contributed by atoms with Gasteiger partial charge in [0.25, 0.3) is 0 Å². The summed E-state index contributed by atoms with van der Waals surface area (Å²) in [4.78, 5) is 0. The molecule has 0 bridgehead atoms. The Morgan fingerprint density at radius 2 is 1.53 bits per heavy atom. The molecule has 0 aliphatic carbocycles. The van der Waals surface area contributed by atoms with Crippen molar-refractivity contribution in [3.8, 4) is 0 Å². The largest absolute Gasteiger partial charge is 0.381 e. The molecule has 2 nitrogen and oxygen atoms in total. The maximum absolute atomic E-state index is 5.66. The zero-order valence-electron chi connectivity index (χ0n) is 12.4. The molecule has 1 rings (SSSR count). The van der Waals surface area contributed by atoms with E-state index >= 15 is 0 Å². The van der Waals surface area contributed by atoms with Crippen LogP contribution < -0.4 is 5.32 Å². The Balaban J connectivity index is 1.79. The summed E-state index contributed by atoms with van der Waals surface area (Å²) in [5.41, 5.74) is 1.44. The molecule has 1 N–H and O–H groups in total. The summed E-state index contributed by atoms with van der Waals surface area (Å²) >= 11 is 0. The van der Waals surface area contributed by atoms with Crippen molar-refractivity contribution in [3.63, 3.8) is 0 Å². The number of aryl methyl sites for hydroxylation is 1. The second-order valence-corrected chi connectivity index (χ2v) is 5.07. The molecule has 19 heavy (non-hydrogen) atoms. The fourth-order valence-electron chi connectivity index (χ4n) is 2.14. The fraction of sp³-hybridized carbons (Fsp3) is 0.647. The van der Waals surface area contributed by atoms with Gasteiger partial charge in [-0.25, -0.2) is 0 Å². The van der Waals surface area contributed by atoms with E-state index in [4.69, 9.17) is 4.74 Å². The molecule has 0 amide bonds. The van der Waals surface area contributed by atoms with Crippen LogP contribution in [0.25, 0.3) is 0 Å². The number of nitrogens with one attached hydrogen (secondary N) is 1. The van der Waals surface area contributed by atoms with E-state index in [2.05, 4.69) is 35.6 Å². The van der Waals surface area contributed by atoms with Crippen molar-refractivity contribution in [2.24, 2.45) is 0 Å². The Morgan fingerprint density at radius 3 is 2.26 bits per heavy atom. The zero-order chi connectivity index (χ0) is 13.6. The SMILES string of the molecule is CNCCCCCCOCCCCc1ccccc1. The standard InChI is InChI=1S/C17H29NO/c1-18-14-8-2-3-9-15-19-16-10-7-13-17-11-5-4-6-12-17/h4-6,11-12,18H,2-3,7-10,13-16H2,1H3. The molecule has 0 radical (unpaired) electrons. The van der Waals surface area contributed by atoms with Gasteiger partial charge in [-0.05, 0) is 51.3 Å². The van der Waals surface area contributed by atoms with Crippen molar-refractivity contribution in [2.45, 2.75) is 44.9 Å². The average Bonchev–Trinajstić information content (AvgIpc) is 2.46. The highest BCUT2D eigenvalue weighted by molar-refractivity contribution is 5.14. The van der Waals surface area contributed by atoms with Gasteiger partial charge >= 0.3 is 0 Å². The zero-order valence-corrected chi connectivity index (χ0v) is 12.4. The summed E-state index contributed by atoms with van der Waals surface area (Å²) in [6, 6.07) is 10.7. The van der Waals surface area contributed by atoms with Gasteiger partial charge in [-0.15, -0.1) is 0 Å². The van der Waals surface area contributed by atoms with Gasteiger partial charge in [-0.2, -0.15) is 0 Å². The second-order valence-electron chi connectivity index (χ2n) is 5.07. The van der Waals surface area contributed by atoms with Crippen LogP contribution in [-0.2, 0) is 11.2 Å². The summed E-state index contributed by atoms with van der Waals surface area (Å²) in [5, 5.41) is 3.18. The smallest absolute Gasteiger partial charge is 0.0466 e. The minimum absolute atomic E-state index is 0.920. The minimum atomic E-state index is 0.920. The van der Waals surface area contributed by atoms with Gasteiger partial charge < -0.3 is 10.1 Å². The first-order valence-electron chi connectivity index (χ1n) is 7.70. The first-order chi connectivity index (χ1) is 9.43. The first-order valence-corrected chi connectivity index (χ1v) is 7.70. The quantitative estimate of drug-likeness (QED) is 0.579. The van der Waals surface area contributed by atoms with Crippen LogP contribution in [0.2, 0.25) is 0 Å². The third kappa shape index (κ3) is 9.69. The number of benzene rings is 1. The molecular weight excluding hydrogens is 234 g/mol. The van der Waals surface area contributed by atoms with Gasteiger partial charge in [0.15, 0.2) is 0 Å². The van der Waals surface area contributed by atoms with Crippen LogP contribution >= 0.6 is 0 Å². The Morgan fingerprint density at radius 1 is 0.842 bits per heavy atom. The van der Waals surface area contributed by atoms with E-state index in [1.54, 1.807) is 0 Å². The predicted molar refractivity (Wildman–Crippen MR) is 82.6 cm³/mol. The van der Waals surface area contributed by atoms with Gasteiger partial charge in [0, 0.05) is 13.2 Å². The highest BCUT2D eigenvalue weighted by atomic mass is 16.5. The number of unbranched alkanes of at least 4 members (excludes halogenated alkanes) is 4. The van der Waals surface area contributed by atoms with E-state index in [1.165, 1.54) is 50.5 Å². The van der Waals surface area contributed by atoms with Crippen LogP contribution in [0.1, 0.15) is 44.1 Å². The average molecular weight is 263 g/mol. The number of hydrogen-bond acceptors (Lipinski definition) is 2. The van der Waals surface area contributed by atoms with Gasteiger partial charge in [0.05, 0.1) is 0 Å². The third-order valence-corrected chi connectivity index (χ3v) is 3.31. The summed E-state index contributed by atoms with van der Waals surface area (Å²) in [6.45, 7) is 2.99. The molecule has 108 valence electrons. The van der Waals surface area contributed by atoms with Crippen LogP contribution in [0.4, 0.5) is 0 Å². The topological polar surface area (TPSA) is 21.3 Å². The fourth-order valence-corrected chi connectivity index (χ4v) is 2.14. The number of hydrogen-bond donors (Lipinski definition) is 1. The van der Waals surface area contributed by atoms with Crippen molar-refractivity contribution < 1.29 is 4.74 Å². The Kier molecular flexibility index (Phi) is 10.4. The van der Waals surface area contributed by atoms with E-state index in [0.29, 0.717) is 0 Å². The summed E-state index contributed by atoms with van der Waals surface area (Å²) in [5.74, 6) is 0. The molecule has 0 aliphatic rings. The van der Waals surface area contributed by atoms with Gasteiger partial charge in [0.1, 0.15) is 0 Å². The summed E-state index contributed by atoms with van der Waals surface area (Å²) in [6.07, 6.45) is 8.69. The van der Waals surface area contributed by atoms with Crippen LogP contribution in [0.15, 0.2) is 30.3 Å². The van der Waals surface area contributed by atoms with Crippen molar-refractivity contribution in [1.29, 1.82) is 0 Å². The molecule has 1 aromatic rings. The molecule has 0 spiro atoms. The van der Waals surface area contributed by atoms with Crippen LogP contribution in [0.3, 0.4) is 0 Å². The van der Waals surface area contributed by atoms with Gasteiger partial charge in [0.2, 0.25) is 0 Å². The molecule has 0 aliphatic heterocycles. The molecule has 0 heterocycles. The van der Waals surface area contributed by atoms with Crippen LogP contribution in [0, 0.1) is 0 Å². The minimum Gasteiger partial charge on any atom is -0.381 e. The molecule has 0 unspecified atom stereocenters. The predicted octanol–water partition coefficient (Wildman–Crippen LogP) is 3.81. The molecular formula is C17H29NO. The Labute approximate surface area is 118 Å². The van der Waals surface area contributed by atoms with E-state index in [9.17, 15) is 0 Å². The maximum Gasteiger partial charge on any atom is 0.0466 e. The molecule has 2 heteroatoms. The van der Waals surface area contributed by atoms with Crippen LogP contribution in [0.5, 0.6) is 0 Å². The van der Waals surface area contributed by atoms with E-state index in [1.807, 2.05) is 7.05 Å². The first kappa shape index (κ1) is 16.2. The number of ether oxygens (including phenoxy) is 1. The molecule has 0 saturated carbocycles.